The zero-order valence-corrected chi connectivity index (χ0v) is 10.2. The van der Waals surface area contributed by atoms with E-state index in [-0.39, 0.29) is 0 Å². The molecule has 0 saturated carbocycles. The average molecular weight is 221 g/mol. The fourth-order valence-corrected chi connectivity index (χ4v) is 2.34. The van der Waals surface area contributed by atoms with Gasteiger partial charge in [0.05, 0.1) is 19.8 Å². The predicted octanol–water partition coefficient (Wildman–Crippen LogP) is 2.44. The number of methoxy groups -OCH3 is 2. The lowest BCUT2D eigenvalue weighted by Crippen LogP contribution is -2.15. The molecule has 1 aliphatic heterocycles. The van der Waals surface area contributed by atoms with Crippen molar-refractivity contribution in [3.63, 3.8) is 0 Å². The Morgan fingerprint density at radius 2 is 1.81 bits per heavy atom. The van der Waals surface area contributed by atoms with Crippen LogP contribution in [0.5, 0.6) is 11.5 Å². The van der Waals surface area contributed by atoms with Crippen molar-refractivity contribution >= 4 is 0 Å². The number of rotatable bonds is 3. The first kappa shape index (κ1) is 11.3. The molecule has 16 heavy (non-hydrogen) atoms. The summed E-state index contributed by atoms with van der Waals surface area (Å²) in [7, 11) is 3.43. The van der Waals surface area contributed by atoms with Crippen molar-refractivity contribution < 1.29 is 9.47 Å². The largest absolute Gasteiger partial charge is 0.496 e. The van der Waals surface area contributed by atoms with Gasteiger partial charge in [-0.25, -0.2) is 0 Å². The van der Waals surface area contributed by atoms with Crippen molar-refractivity contribution in [2.24, 2.45) is 0 Å². The van der Waals surface area contributed by atoms with E-state index in [0.29, 0.717) is 6.04 Å². The standard InChI is InChI=1S/C13H19NO2/c1-9-7-11(15-2)13(12(8-9)16-3)10-5-4-6-14-10/h7-8,10,14H,4-6H2,1-3H3. The number of nitrogens with one attached hydrogen (secondary N) is 1. The van der Waals surface area contributed by atoms with Crippen LogP contribution >= 0.6 is 0 Å². The number of ether oxygens (including phenoxy) is 2. The molecule has 1 fully saturated rings. The molecule has 0 spiro atoms. The number of hydrogen-bond donors (Lipinski definition) is 1. The number of aryl methyl sites for hydroxylation is 1. The van der Waals surface area contributed by atoms with Crippen LogP contribution in [0.1, 0.15) is 30.0 Å². The minimum Gasteiger partial charge on any atom is -0.496 e. The Morgan fingerprint density at radius 1 is 1.19 bits per heavy atom. The molecule has 3 nitrogen and oxygen atoms in total. The third kappa shape index (κ3) is 2.00. The summed E-state index contributed by atoms with van der Waals surface area (Å²) in [5, 5.41) is 3.48. The van der Waals surface area contributed by atoms with Crippen molar-refractivity contribution in [3.8, 4) is 11.5 Å². The van der Waals surface area contributed by atoms with Crippen molar-refractivity contribution in [1.82, 2.24) is 5.32 Å². The van der Waals surface area contributed by atoms with Crippen molar-refractivity contribution in [3.05, 3.63) is 23.3 Å². The van der Waals surface area contributed by atoms with Gasteiger partial charge >= 0.3 is 0 Å². The fourth-order valence-electron chi connectivity index (χ4n) is 2.34. The van der Waals surface area contributed by atoms with Crippen LogP contribution in [-0.2, 0) is 0 Å². The van der Waals surface area contributed by atoms with Crippen LogP contribution in [0.4, 0.5) is 0 Å². The molecule has 1 aliphatic rings. The minimum atomic E-state index is 0.366. The van der Waals surface area contributed by atoms with Crippen molar-refractivity contribution in [2.75, 3.05) is 20.8 Å². The first-order valence-electron chi connectivity index (χ1n) is 5.72. The van der Waals surface area contributed by atoms with Gasteiger partial charge < -0.3 is 14.8 Å². The SMILES string of the molecule is COc1cc(C)cc(OC)c1C1CCCN1. The third-order valence-corrected chi connectivity index (χ3v) is 3.10. The van der Waals surface area contributed by atoms with E-state index in [1.165, 1.54) is 6.42 Å². The Labute approximate surface area is 96.8 Å². The maximum atomic E-state index is 5.46. The molecule has 1 heterocycles. The molecule has 0 amide bonds. The van der Waals surface area contributed by atoms with Crippen LogP contribution in [0.3, 0.4) is 0 Å². The first-order valence-corrected chi connectivity index (χ1v) is 5.72. The molecule has 0 aromatic heterocycles. The molecule has 1 atom stereocenters. The highest BCUT2D eigenvalue weighted by Crippen LogP contribution is 2.38. The lowest BCUT2D eigenvalue weighted by Gasteiger charge is -2.19. The minimum absolute atomic E-state index is 0.366. The van der Waals surface area contributed by atoms with Gasteiger partial charge in [0.1, 0.15) is 11.5 Å². The average Bonchev–Trinajstić information content (AvgIpc) is 2.80. The highest BCUT2D eigenvalue weighted by molar-refractivity contribution is 5.50. The van der Waals surface area contributed by atoms with E-state index < -0.39 is 0 Å². The van der Waals surface area contributed by atoms with Crippen LogP contribution < -0.4 is 14.8 Å². The molecule has 1 unspecified atom stereocenters. The van der Waals surface area contributed by atoms with E-state index in [1.807, 2.05) is 0 Å². The third-order valence-electron chi connectivity index (χ3n) is 3.10. The van der Waals surface area contributed by atoms with Gasteiger partial charge in [0.25, 0.3) is 0 Å². The lowest BCUT2D eigenvalue weighted by molar-refractivity contribution is 0.375. The highest BCUT2D eigenvalue weighted by Gasteiger charge is 2.24. The fraction of sp³-hybridized carbons (Fsp3) is 0.538. The quantitative estimate of drug-likeness (QED) is 0.850. The van der Waals surface area contributed by atoms with Crippen LogP contribution in [0.25, 0.3) is 0 Å². The summed E-state index contributed by atoms with van der Waals surface area (Å²) in [5.41, 5.74) is 2.32. The van der Waals surface area contributed by atoms with Gasteiger partial charge in [0.15, 0.2) is 0 Å². The van der Waals surface area contributed by atoms with E-state index in [2.05, 4.69) is 24.4 Å². The van der Waals surface area contributed by atoms with Gasteiger partial charge in [-0.2, -0.15) is 0 Å². The molecule has 3 heteroatoms. The van der Waals surface area contributed by atoms with E-state index in [0.717, 1.165) is 35.6 Å². The highest BCUT2D eigenvalue weighted by atomic mass is 16.5. The van der Waals surface area contributed by atoms with Crippen LogP contribution in [0.15, 0.2) is 12.1 Å². The van der Waals surface area contributed by atoms with E-state index in [9.17, 15) is 0 Å². The molecular formula is C13H19NO2. The zero-order chi connectivity index (χ0) is 11.5. The summed E-state index contributed by atoms with van der Waals surface area (Å²) in [6.45, 7) is 3.13. The lowest BCUT2D eigenvalue weighted by atomic mass is 10.0. The number of hydrogen-bond acceptors (Lipinski definition) is 3. The first-order chi connectivity index (χ1) is 7.76. The Balaban J connectivity index is 2.46. The Kier molecular flexibility index (Phi) is 3.34. The molecule has 1 aromatic carbocycles. The van der Waals surface area contributed by atoms with Gasteiger partial charge in [-0.15, -0.1) is 0 Å². The summed E-state index contributed by atoms with van der Waals surface area (Å²) in [4.78, 5) is 0. The Morgan fingerprint density at radius 3 is 2.25 bits per heavy atom. The molecule has 1 N–H and O–H groups in total. The second-order valence-corrected chi connectivity index (χ2v) is 4.23. The summed E-state index contributed by atoms with van der Waals surface area (Å²) >= 11 is 0. The monoisotopic (exact) mass is 221 g/mol. The predicted molar refractivity (Wildman–Crippen MR) is 64.3 cm³/mol. The molecule has 1 aromatic rings. The molecule has 0 bridgehead atoms. The van der Waals surface area contributed by atoms with Gasteiger partial charge in [0, 0.05) is 6.04 Å². The number of benzene rings is 1. The van der Waals surface area contributed by atoms with Gasteiger partial charge in [-0.05, 0) is 44.0 Å². The van der Waals surface area contributed by atoms with E-state index in [4.69, 9.17) is 9.47 Å². The van der Waals surface area contributed by atoms with E-state index >= 15 is 0 Å². The molecule has 0 radical (unpaired) electrons. The molecular weight excluding hydrogens is 202 g/mol. The van der Waals surface area contributed by atoms with Crippen LogP contribution in [0.2, 0.25) is 0 Å². The normalized spacial score (nSPS) is 19.8. The summed E-state index contributed by atoms with van der Waals surface area (Å²) in [6, 6.07) is 4.50. The van der Waals surface area contributed by atoms with Gasteiger partial charge in [0.2, 0.25) is 0 Å². The van der Waals surface area contributed by atoms with Crippen LogP contribution in [-0.4, -0.2) is 20.8 Å². The smallest absolute Gasteiger partial charge is 0.127 e. The van der Waals surface area contributed by atoms with Gasteiger partial charge in [-0.1, -0.05) is 0 Å². The van der Waals surface area contributed by atoms with E-state index in [1.54, 1.807) is 14.2 Å². The second kappa shape index (κ2) is 4.74. The molecule has 1 saturated heterocycles. The maximum absolute atomic E-state index is 5.46. The second-order valence-electron chi connectivity index (χ2n) is 4.23. The molecule has 2 rings (SSSR count). The topological polar surface area (TPSA) is 30.5 Å². The maximum Gasteiger partial charge on any atom is 0.127 e. The molecule has 0 aliphatic carbocycles. The molecule has 88 valence electrons. The van der Waals surface area contributed by atoms with Crippen LogP contribution in [0, 0.1) is 6.92 Å². The summed E-state index contributed by atoms with van der Waals surface area (Å²) in [5.74, 6) is 1.85. The Bertz CT molecular complexity index is 345. The van der Waals surface area contributed by atoms with Crippen molar-refractivity contribution in [1.29, 1.82) is 0 Å². The summed E-state index contributed by atoms with van der Waals surface area (Å²) in [6.07, 6.45) is 2.36. The van der Waals surface area contributed by atoms with Crippen molar-refractivity contribution in [2.45, 2.75) is 25.8 Å². The van der Waals surface area contributed by atoms with Gasteiger partial charge in [-0.3, -0.25) is 0 Å². The zero-order valence-electron chi connectivity index (χ0n) is 10.2. The summed E-state index contributed by atoms with van der Waals surface area (Å²) < 4.78 is 10.9. The Hall–Kier alpha value is -1.22.